The summed E-state index contributed by atoms with van der Waals surface area (Å²) in [6.07, 6.45) is 2.46. The van der Waals surface area contributed by atoms with Crippen LogP contribution in [0.4, 0.5) is 5.69 Å². The van der Waals surface area contributed by atoms with E-state index in [-0.39, 0.29) is 5.91 Å². The lowest BCUT2D eigenvalue weighted by atomic mass is 10.1. The largest absolute Gasteiger partial charge is 0.494 e. The van der Waals surface area contributed by atoms with Gasteiger partial charge in [-0.2, -0.15) is 0 Å². The first kappa shape index (κ1) is 11.8. The summed E-state index contributed by atoms with van der Waals surface area (Å²) in [6, 6.07) is 5.26. The van der Waals surface area contributed by atoms with E-state index in [1.54, 1.807) is 23.1 Å². The number of ether oxygens (including phenoxy) is 1. The summed E-state index contributed by atoms with van der Waals surface area (Å²) in [5.41, 5.74) is 6.82. The normalized spacial score (nSPS) is 14.5. The zero-order chi connectivity index (χ0) is 12.4. The fraction of sp³-hybridized carbons (Fsp3) is 0.462. The molecule has 92 valence electrons. The van der Waals surface area contributed by atoms with Crippen LogP contribution >= 0.6 is 0 Å². The molecule has 1 aromatic carbocycles. The van der Waals surface area contributed by atoms with E-state index in [0.29, 0.717) is 22.9 Å². The van der Waals surface area contributed by atoms with Crippen molar-refractivity contribution in [3.8, 4) is 5.75 Å². The van der Waals surface area contributed by atoms with Crippen LogP contribution in [0, 0.1) is 5.92 Å². The molecule has 2 N–H and O–H groups in total. The van der Waals surface area contributed by atoms with Gasteiger partial charge in [-0.25, -0.2) is 0 Å². The van der Waals surface area contributed by atoms with Crippen molar-refractivity contribution in [2.75, 3.05) is 26.4 Å². The van der Waals surface area contributed by atoms with Gasteiger partial charge in [-0.1, -0.05) is 6.07 Å². The van der Waals surface area contributed by atoms with Crippen molar-refractivity contribution in [2.45, 2.75) is 12.8 Å². The second-order valence-electron chi connectivity index (χ2n) is 4.56. The monoisotopic (exact) mass is 234 g/mol. The van der Waals surface area contributed by atoms with Gasteiger partial charge in [0.05, 0.1) is 18.4 Å². The number of hydrogen-bond acceptors (Lipinski definition) is 3. The molecule has 0 heterocycles. The molecular weight excluding hydrogens is 216 g/mol. The number of benzene rings is 1. The summed E-state index contributed by atoms with van der Waals surface area (Å²) in [4.78, 5) is 14.0. The molecule has 1 fully saturated rings. The lowest BCUT2D eigenvalue weighted by molar-refractivity contribution is 0.0785. The molecule has 0 spiro atoms. The molecular formula is C13H18N2O2. The number of amides is 1. The maximum absolute atomic E-state index is 12.2. The van der Waals surface area contributed by atoms with Crippen LogP contribution < -0.4 is 10.5 Å². The number of nitrogens with zero attached hydrogens (tertiary/aromatic N) is 1. The van der Waals surface area contributed by atoms with Crippen LogP contribution in [-0.4, -0.2) is 31.5 Å². The van der Waals surface area contributed by atoms with Gasteiger partial charge in [0.2, 0.25) is 0 Å². The third-order valence-corrected chi connectivity index (χ3v) is 3.06. The SMILES string of the molecule is COc1c(N)cccc1C(=O)N(C)CC1CC1. The van der Waals surface area contributed by atoms with Crippen LogP contribution in [0.1, 0.15) is 23.2 Å². The average molecular weight is 234 g/mol. The molecule has 0 atom stereocenters. The molecule has 0 aliphatic heterocycles. The number of nitrogens with two attached hydrogens (primary N) is 1. The lowest BCUT2D eigenvalue weighted by Crippen LogP contribution is -2.29. The maximum Gasteiger partial charge on any atom is 0.257 e. The van der Waals surface area contributed by atoms with Gasteiger partial charge in [-0.15, -0.1) is 0 Å². The molecule has 17 heavy (non-hydrogen) atoms. The molecule has 1 aromatic rings. The first-order valence-electron chi connectivity index (χ1n) is 5.81. The van der Waals surface area contributed by atoms with Gasteiger partial charge in [-0.05, 0) is 30.9 Å². The van der Waals surface area contributed by atoms with Crippen molar-refractivity contribution in [3.63, 3.8) is 0 Å². The maximum atomic E-state index is 12.2. The summed E-state index contributed by atoms with van der Waals surface area (Å²) in [6.45, 7) is 0.816. The topological polar surface area (TPSA) is 55.6 Å². The third kappa shape index (κ3) is 2.52. The van der Waals surface area contributed by atoms with Gasteiger partial charge in [0.15, 0.2) is 5.75 Å². The van der Waals surface area contributed by atoms with Gasteiger partial charge in [0.1, 0.15) is 0 Å². The highest BCUT2D eigenvalue weighted by Crippen LogP contribution is 2.31. The first-order valence-corrected chi connectivity index (χ1v) is 5.81. The number of anilines is 1. The molecule has 4 heteroatoms. The zero-order valence-electron chi connectivity index (χ0n) is 10.3. The van der Waals surface area contributed by atoms with Crippen molar-refractivity contribution in [2.24, 2.45) is 5.92 Å². The Hall–Kier alpha value is -1.71. The minimum atomic E-state index is -0.0268. The molecule has 0 aromatic heterocycles. The number of hydrogen-bond donors (Lipinski definition) is 1. The van der Waals surface area contributed by atoms with Crippen LogP contribution in [0.3, 0.4) is 0 Å². The number of methoxy groups -OCH3 is 1. The summed E-state index contributed by atoms with van der Waals surface area (Å²) in [5, 5.41) is 0. The molecule has 1 aliphatic rings. The zero-order valence-corrected chi connectivity index (χ0v) is 10.3. The van der Waals surface area contributed by atoms with Gasteiger partial charge in [0.25, 0.3) is 5.91 Å². The van der Waals surface area contributed by atoms with Crippen molar-refractivity contribution in [3.05, 3.63) is 23.8 Å². The van der Waals surface area contributed by atoms with Crippen molar-refractivity contribution in [1.82, 2.24) is 4.90 Å². The van der Waals surface area contributed by atoms with E-state index in [1.807, 2.05) is 7.05 Å². The van der Waals surface area contributed by atoms with Crippen LogP contribution in [0.5, 0.6) is 5.75 Å². The predicted molar refractivity (Wildman–Crippen MR) is 67.1 cm³/mol. The average Bonchev–Trinajstić information content (AvgIpc) is 3.11. The Morgan fingerprint density at radius 3 is 2.82 bits per heavy atom. The van der Waals surface area contributed by atoms with Crippen molar-refractivity contribution >= 4 is 11.6 Å². The molecule has 4 nitrogen and oxygen atoms in total. The number of para-hydroxylation sites is 1. The Kier molecular flexibility index (Phi) is 3.22. The lowest BCUT2D eigenvalue weighted by Gasteiger charge is -2.19. The van der Waals surface area contributed by atoms with E-state index in [9.17, 15) is 4.79 Å². The van der Waals surface area contributed by atoms with Gasteiger partial charge in [0, 0.05) is 13.6 Å². The minimum absolute atomic E-state index is 0.0268. The second kappa shape index (κ2) is 4.65. The molecule has 1 aliphatic carbocycles. The molecule has 0 unspecified atom stereocenters. The highest BCUT2D eigenvalue weighted by molar-refractivity contribution is 5.98. The molecule has 0 radical (unpaired) electrons. The molecule has 1 amide bonds. The van der Waals surface area contributed by atoms with Crippen molar-refractivity contribution in [1.29, 1.82) is 0 Å². The smallest absolute Gasteiger partial charge is 0.257 e. The number of rotatable bonds is 4. The van der Waals surface area contributed by atoms with E-state index < -0.39 is 0 Å². The highest BCUT2D eigenvalue weighted by atomic mass is 16.5. The van der Waals surface area contributed by atoms with Gasteiger partial charge >= 0.3 is 0 Å². The highest BCUT2D eigenvalue weighted by Gasteiger charge is 2.26. The van der Waals surface area contributed by atoms with Gasteiger partial charge in [-0.3, -0.25) is 4.79 Å². The Labute approximate surface area is 101 Å². The molecule has 0 saturated heterocycles. The Morgan fingerprint density at radius 1 is 1.53 bits per heavy atom. The second-order valence-corrected chi connectivity index (χ2v) is 4.56. The first-order chi connectivity index (χ1) is 8.13. The quantitative estimate of drug-likeness (QED) is 0.808. The van der Waals surface area contributed by atoms with Crippen LogP contribution in [0.2, 0.25) is 0 Å². The fourth-order valence-electron chi connectivity index (χ4n) is 1.93. The molecule has 0 bridgehead atoms. The third-order valence-electron chi connectivity index (χ3n) is 3.06. The number of carbonyl (C=O) groups excluding carboxylic acids is 1. The summed E-state index contributed by atoms with van der Waals surface area (Å²) in [7, 11) is 3.35. The number of carbonyl (C=O) groups is 1. The summed E-state index contributed by atoms with van der Waals surface area (Å²) >= 11 is 0. The van der Waals surface area contributed by atoms with Crippen LogP contribution in [-0.2, 0) is 0 Å². The van der Waals surface area contributed by atoms with E-state index in [1.165, 1.54) is 20.0 Å². The van der Waals surface area contributed by atoms with Crippen LogP contribution in [0.15, 0.2) is 18.2 Å². The minimum Gasteiger partial charge on any atom is -0.494 e. The Bertz CT molecular complexity index is 427. The van der Waals surface area contributed by atoms with Crippen LogP contribution in [0.25, 0.3) is 0 Å². The van der Waals surface area contributed by atoms with E-state index in [0.717, 1.165) is 6.54 Å². The molecule has 1 saturated carbocycles. The molecule has 2 rings (SSSR count). The standard InChI is InChI=1S/C13H18N2O2/c1-15(8-9-6-7-9)13(16)10-4-3-5-11(14)12(10)17-2/h3-5,9H,6-8,14H2,1-2H3. The predicted octanol–water partition coefficient (Wildman–Crippen LogP) is 1.76. The fourth-order valence-corrected chi connectivity index (χ4v) is 1.93. The summed E-state index contributed by atoms with van der Waals surface area (Å²) < 4.78 is 5.20. The van der Waals surface area contributed by atoms with Gasteiger partial charge < -0.3 is 15.4 Å². The van der Waals surface area contributed by atoms with E-state index in [2.05, 4.69) is 0 Å². The Morgan fingerprint density at radius 2 is 2.24 bits per heavy atom. The van der Waals surface area contributed by atoms with Crippen molar-refractivity contribution < 1.29 is 9.53 Å². The summed E-state index contributed by atoms with van der Waals surface area (Å²) in [5.74, 6) is 1.12. The number of nitrogen functional groups attached to an aromatic ring is 1. The Balaban J connectivity index is 2.19. The van der Waals surface area contributed by atoms with E-state index >= 15 is 0 Å². The van der Waals surface area contributed by atoms with E-state index in [4.69, 9.17) is 10.5 Å².